The molecular formula is C20H23N. The van der Waals surface area contributed by atoms with E-state index >= 15 is 0 Å². The number of hydrogen-bond donors (Lipinski definition) is 0. The van der Waals surface area contributed by atoms with Crippen LogP contribution >= 0.6 is 0 Å². The zero-order chi connectivity index (χ0) is 14.1. The molecule has 108 valence electrons. The Morgan fingerprint density at radius 3 is 1.67 bits per heavy atom. The van der Waals surface area contributed by atoms with Gasteiger partial charge in [-0.3, -0.25) is 4.90 Å². The molecule has 2 aliphatic rings. The van der Waals surface area contributed by atoms with Crippen molar-refractivity contribution >= 4 is 0 Å². The third kappa shape index (κ3) is 2.75. The lowest BCUT2D eigenvalue weighted by molar-refractivity contribution is 0.216. The molecule has 0 N–H and O–H groups in total. The van der Waals surface area contributed by atoms with Gasteiger partial charge in [0.15, 0.2) is 0 Å². The molecule has 2 fully saturated rings. The molecule has 2 aromatic rings. The van der Waals surface area contributed by atoms with Crippen LogP contribution in [0.5, 0.6) is 0 Å². The molecule has 0 aromatic heterocycles. The minimum absolute atomic E-state index is 0.833. The molecule has 2 aliphatic carbocycles. The molecule has 0 spiro atoms. The fourth-order valence-corrected chi connectivity index (χ4v) is 4.23. The highest BCUT2D eigenvalue weighted by molar-refractivity contribution is 5.19. The van der Waals surface area contributed by atoms with E-state index < -0.39 is 0 Å². The lowest BCUT2D eigenvalue weighted by Crippen LogP contribution is -2.28. The number of nitrogens with zero attached hydrogens (tertiary/aromatic N) is 1. The second-order valence-electron chi connectivity index (χ2n) is 6.63. The third-order valence-corrected chi connectivity index (χ3v) is 5.24. The Hall–Kier alpha value is -1.60. The van der Waals surface area contributed by atoms with Crippen molar-refractivity contribution in [3.05, 3.63) is 71.8 Å². The third-order valence-electron chi connectivity index (χ3n) is 5.24. The number of rotatable bonds is 5. The Balaban J connectivity index is 1.52. The summed E-state index contributed by atoms with van der Waals surface area (Å²) in [7, 11) is 0. The van der Waals surface area contributed by atoms with Crippen molar-refractivity contribution < 1.29 is 0 Å². The Labute approximate surface area is 127 Å². The van der Waals surface area contributed by atoms with Crippen LogP contribution < -0.4 is 0 Å². The van der Waals surface area contributed by atoms with E-state index in [4.69, 9.17) is 0 Å². The first-order chi connectivity index (χ1) is 10.4. The second-order valence-corrected chi connectivity index (χ2v) is 6.63. The largest absolute Gasteiger partial charge is 0.291 e. The summed E-state index contributed by atoms with van der Waals surface area (Å²) in [5, 5.41) is 0. The average Bonchev–Trinajstić information content (AvgIpc) is 3.01. The van der Waals surface area contributed by atoms with Gasteiger partial charge < -0.3 is 0 Å². The van der Waals surface area contributed by atoms with Crippen molar-refractivity contribution in [1.82, 2.24) is 4.90 Å². The first kappa shape index (κ1) is 13.1. The van der Waals surface area contributed by atoms with Gasteiger partial charge in [-0.25, -0.2) is 0 Å². The van der Waals surface area contributed by atoms with Gasteiger partial charge in [0.2, 0.25) is 0 Å². The van der Waals surface area contributed by atoms with Gasteiger partial charge >= 0.3 is 0 Å². The smallest absolute Gasteiger partial charge is 0.0240 e. The Morgan fingerprint density at radius 1 is 0.714 bits per heavy atom. The summed E-state index contributed by atoms with van der Waals surface area (Å²) in [6.07, 6.45) is 4.36. The summed E-state index contributed by atoms with van der Waals surface area (Å²) < 4.78 is 0. The maximum atomic E-state index is 2.72. The van der Waals surface area contributed by atoms with Crippen LogP contribution in [0.2, 0.25) is 0 Å². The van der Waals surface area contributed by atoms with Gasteiger partial charge in [-0.05, 0) is 35.8 Å². The van der Waals surface area contributed by atoms with E-state index in [2.05, 4.69) is 65.6 Å². The summed E-state index contributed by atoms with van der Waals surface area (Å²) in [5.41, 5.74) is 2.89. The Kier molecular flexibility index (Phi) is 3.52. The van der Waals surface area contributed by atoms with Gasteiger partial charge in [0.25, 0.3) is 0 Å². The molecule has 2 unspecified atom stereocenters. The lowest BCUT2D eigenvalue weighted by Gasteiger charge is -2.24. The van der Waals surface area contributed by atoms with Crippen LogP contribution in [-0.4, -0.2) is 10.9 Å². The van der Waals surface area contributed by atoms with E-state index in [1.54, 1.807) is 0 Å². The van der Waals surface area contributed by atoms with Crippen molar-refractivity contribution in [2.75, 3.05) is 0 Å². The van der Waals surface area contributed by atoms with Gasteiger partial charge in [0.1, 0.15) is 0 Å². The quantitative estimate of drug-likeness (QED) is 0.778. The van der Waals surface area contributed by atoms with Crippen LogP contribution in [0.25, 0.3) is 0 Å². The molecule has 1 nitrogen and oxygen atoms in total. The normalized spacial score (nSPS) is 26.8. The molecule has 2 aromatic carbocycles. The molecule has 2 atom stereocenters. The zero-order valence-electron chi connectivity index (χ0n) is 12.5. The van der Waals surface area contributed by atoms with Crippen LogP contribution in [0.3, 0.4) is 0 Å². The fraction of sp³-hybridized carbons (Fsp3) is 0.400. The molecule has 0 aliphatic heterocycles. The Bertz CT molecular complexity index is 526. The zero-order valence-corrected chi connectivity index (χ0v) is 12.5. The van der Waals surface area contributed by atoms with Crippen molar-refractivity contribution in [3.63, 3.8) is 0 Å². The maximum absolute atomic E-state index is 2.72. The predicted molar refractivity (Wildman–Crippen MR) is 86.8 cm³/mol. The van der Waals surface area contributed by atoms with Gasteiger partial charge in [-0.2, -0.15) is 0 Å². The molecule has 0 amide bonds. The molecule has 0 heterocycles. The number of hydrogen-bond acceptors (Lipinski definition) is 1. The molecule has 0 radical (unpaired) electrons. The molecule has 1 heteroatoms. The van der Waals surface area contributed by atoms with Crippen LogP contribution in [-0.2, 0) is 13.1 Å². The Morgan fingerprint density at radius 2 is 1.19 bits per heavy atom. The summed E-state index contributed by atoms with van der Waals surface area (Å²) in [6.45, 7) is 2.18. The predicted octanol–water partition coefficient (Wildman–Crippen LogP) is 4.49. The van der Waals surface area contributed by atoms with E-state index in [9.17, 15) is 0 Å². The molecule has 21 heavy (non-hydrogen) atoms. The van der Waals surface area contributed by atoms with Crippen molar-refractivity contribution in [2.45, 2.75) is 38.4 Å². The van der Waals surface area contributed by atoms with E-state index in [1.807, 2.05) is 0 Å². The second kappa shape index (κ2) is 5.65. The number of fused-ring (bicyclic) bond motifs is 1. The van der Waals surface area contributed by atoms with E-state index in [1.165, 1.54) is 30.4 Å². The summed E-state index contributed by atoms with van der Waals surface area (Å²) in [5.74, 6) is 1.97. The molecule has 0 bridgehead atoms. The first-order valence-electron chi connectivity index (χ1n) is 8.24. The molecule has 2 saturated carbocycles. The standard InChI is InChI=1S/C20H23N/c1-3-8-16(9-4-1)14-21(15-17-10-5-2-6-11-17)20-18-12-7-13-19(18)20/h1-6,8-11,18-20H,7,12-15H2. The van der Waals surface area contributed by atoms with Gasteiger partial charge in [0, 0.05) is 19.1 Å². The average molecular weight is 277 g/mol. The maximum Gasteiger partial charge on any atom is 0.0240 e. The lowest BCUT2D eigenvalue weighted by atomic mass is 10.1. The minimum atomic E-state index is 0.833. The molecular weight excluding hydrogens is 254 g/mol. The van der Waals surface area contributed by atoms with E-state index in [0.717, 1.165) is 31.0 Å². The van der Waals surface area contributed by atoms with Crippen molar-refractivity contribution in [3.8, 4) is 0 Å². The van der Waals surface area contributed by atoms with Gasteiger partial charge in [0.05, 0.1) is 0 Å². The van der Waals surface area contributed by atoms with Crippen molar-refractivity contribution in [1.29, 1.82) is 0 Å². The number of benzene rings is 2. The monoisotopic (exact) mass is 277 g/mol. The van der Waals surface area contributed by atoms with Crippen LogP contribution in [0.15, 0.2) is 60.7 Å². The summed E-state index contributed by atoms with van der Waals surface area (Å²) in [4.78, 5) is 2.72. The SMILES string of the molecule is c1ccc(CN(Cc2ccccc2)C2C3CCCC32)cc1. The minimum Gasteiger partial charge on any atom is -0.291 e. The molecule has 0 saturated heterocycles. The van der Waals surface area contributed by atoms with Crippen molar-refractivity contribution in [2.24, 2.45) is 11.8 Å². The highest BCUT2D eigenvalue weighted by atomic mass is 15.2. The first-order valence-corrected chi connectivity index (χ1v) is 8.24. The molecule has 4 rings (SSSR count). The topological polar surface area (TPSA) is 3.24 Å². The summed E-state index contributed by atoms with van der Waals surface area (Å²) >= 11 is 0. The highest BCUT2D eigenvalue weighted by Crippen LogP contribution is 2.55. The van der Waals surface area contributed by atoms with Crippen LogP contribution in [0, 0.1) is 11.8 Å². The van der Waals surface area contributed by atoms with E-state index in [0.29, 0.717) is 0 Å². The van der Waals surface area contributed by atoms with Crippen LogP contribution in [0.4, 0.5) is 0 Å². The van der Waals surface area contributed by atoms with Crippen LogP contribution in [0.1, 0.15) is 30.4 Å². The highest BCUT2D eigenvalue weighted by Gasteiger charge is 2.55. The van der Waals surface area contributed by atoms with Gasteiger partial charge in [-0.1, -0.05) is 67.1 Å². The van der Waals surface area contributed by atoms with Gasteiger partial charge in [-0.15, -0.1) is 0 Å². The van der Waals surface area contributed by atoms with E-state index in [-0.39, 0.29) is 0 Å². The fourth-order valence-electron chi connectivity index (χ4n) is 4.23. The summed E-state index contributed by atoms with van der Waals surface area (Å²) in [6, 6.07) is 22.7.